The molecule has 1 fully saturated rings. The van der Waals surface area contributed by atoms with Crippen molar-refractivity contribution >= 4 is 5.78 Å². The van der Waals surface area contributed by atoms with Gasteiger partial charge < -0.3 is 5.32 Å². The fourth-order valence-electron chi connectivity index (χ4n) is 2.85. The molecule has 0 aromatic heterocycles. The summed E-state index contributed by atoms with van der Waals surface area (Å²) in [7, 11) is 0. The molecule has 0 bridgehead atoms. The van der Waals surface area contributed by atoms with E-state index in [1.54, 1.807) is 0 Å². The predicted octanol–water partition coefficient (Wildman–Crippen LogP) is 1.75. The van der Waals surface area contributed by atoms with E-state index in [2.05, 4.69) is 29.6 Å². The highest BCUT2D eigenvalue weighted by Gasteiger charge is 2.35. The maximum atomic E-state index is 11.9. The van der Waals surface area contributed by atoms with Crippen molar-refractivity contribution in [2.24, 2.45) is 5.92 Å². The molecule has 1 aliphatic heterocycles. The fraction of sp³-hybridized carbons (Fsp3) is 0.462. The molecule has 15 heavy (non-hydrogen) atoms. The van der Waals surface area contributed by atoms with Gasteiger partial charge in [-0.25, -0.2) is 0 Å². The first kappa shape index (κ1) is 9.10. The van der Waals surface area contributed by atoms with Gasteiger partial charge in [0.15, 0.2) is 5.78 Å². The zero-order valence-electron chi connectivity index (χ0n) is 8.70. The van der Waals surface area contributed by atoms with Crippen molar-refractivity contribution in [2.75, 3.05) is 6.54 Å². The SMILES string of the molecule is O=C1CC2C=CC=CC2=C2CCCNC12. The van der Waals surface area contributed by atoms with Crippen molar-refractivity contribution in [3.8, 4) is 0 Å². The Kier molecular flexibility index (Phi) is 2.10. The van der Waals surface area contributed by atoms with Crippen LogP contribution in [0.15, 0.2) is 35.5 Å². The number of allylic oxidation sites excluding steroid dienone is 5. The normalized spacial score (nSPS) is 34.0. The maximum Gasteiger partial charge on any atom is 0.154 e. The van der Waals surface area contributed by atoms with E-state index in [-0.39, 0.29) is 6.04 Å². The largest absolute Gasteiger partial charge is 0.304 e. The second-order valence-electron chi connectivity index (χ2n) is 4.49. The highest BCUT2D eigenvalue weighted by Crippen LogP contribution is 2.35. The quantitative estimate of drug-likeness (QED) is 0.647. The van der Waals surface area contributed by atoms with Crippen molar-refractivity contribution < 1.29 is 4.79 Å². The molecule has 0 saturated carbocycles. The summed E-state index contributed by atoms with van der Waals surface area (Å²) in [6, 6.07) is 0.0288. The van der Waals surface area contributed by atoms with Gasteiger partial charge in [0.25, 0.3) is 0 Å². The Labute approximate surface area is 89.7 Å². The number of carbonyl (C=O) groups is 1. The highest BCUT2D eigenvalue weighted by molar-refractivity contribution is 5.90. The molecule has 2 nitrogen and oxygen atoms in total. The van der Waals surface area contributed by atoms with Crippen LogP contribution in [0.25, 0.3) is 0 Å². The molecule has 2 aliphatic carbocycles. The van der Waals surface area contributed by atoms with Crippen LogP contribution >= 0.6 is 0 Å². The highest BCUT2D eigenvalue weighted by atomic mass is 16.1. The average molecular weight is 201 g/mol. The van der Waals surface area contributed by atoms with Gasteiger partial charge in [0.1, 0.15) is 0 Å². The lowest BCUT2D eigenvalue weighted by atomic mass is 9.75. The van der Waals surface area contributed by atoms with Gasteiger partial charge in [-0.05, 0) is 30.5 Å². The molecule has 0 spiro atoms. The van der Waals surface area contributed by atoms with Gasteiger partial charge in [0.2, 0.25) is 0 Å². The number of nitrogens with one attached hydrogen (secondary N) is 1. The molecule has 1 N–H and O–H groups in total. The van der Waals surface area contributed by atoms with Crippen LogP contribution in [0.4, 0.5) is 0 Å². The second kappa shape index (κ2) is 3.46. The standard InChI is InChI=1S/C13H15NO/c15-12-8-9-4-1-2-5-10(9)11-6-3-7-14-13(11)12/h1-2,4-5,9,13-14H,3,6-8H2. The number of fused-ring (bicyclic) bond motifs is 2. The summed E-state index contributed by atoms with van der Waals surface area (Å²) in [6.07, 6.45) is 11.4. The molecule has 3 aliphatic rings. The molecule has 0 radical (unpaired) electrons. The Bertz CT molecular complexity index is 389. The van der Waals surface area contributed by atoms with E-state index in [0.717, 1.165) is 19.4 Å². The first-order valence-electron chi connectivity index (χ1n) is 5.70. The van der Waals surface area contributed by atoms with Gasteiger partial charge in [0.05, 0.1) is 6.04 Å². The Morgan fingerprint density at radius 1 is 1.33 bits per heavy atom. The van der Waals surface area contributed by atoms with Gasteiger partial charge in [-0.3, -0.25) is 4.79 Å². The minimum Gasteiger partial charge on any atom is -0.304 e. The summed E-state index contributed by atoms with van der Waals surface area (Å²) < 4.78 is 0. The van der Waals surface area contributed by atoms with Crippen molar-refractivity contribution in [1.29, 1.82) is 0 Å². The third-order valence-corrected chi connectivity index (χ3v) is 3.56. The summed E-state index contributed by atoms with van der Waals surface area (Å²) in [4.78, 5) is 11.9. The minimum atomic E-state index is 0.0288. The lowest BCUT2D eigenvalue weighted by Crippen LogP contribution is -2.46. The van der Waals surface area contributed by atoms with Crippen LogP contribution in [0, 0.1) is 5.92 Å². The van der Waals surface area contributed by atoms with Crippen LogP contribution < -0.4 is 5.32 Å². The molecule has 78 valence electrons. The fourth-order valence-corrected chi connectivity index (χ4v) is 2.85. The number of carbonyl (C=O) groups excluding carboxylic acids is 1. The molecule has 0 amide bonds. The zero-order chi connectivity index (χ0) is 10.3. The zero-order valence-corrected chi connectivity index (χ0v) is 8.70. The summed E-state index contributed by atoms with van der Waals surface area (Å²) in [5.41, 5.74) is 2.75. The summed E-state index contributed by atoms with van der Waals surface area (Å²) in [5.74, 6) is 0.729. The first-order chi connectivity index (χ1) is 7.36. The molecule has 0 aromatic carbocycles. The lowest BCUT2D eigenvalue weighted by Gasteiger charge is -2.35. The molecular weight excluding hydrogens is 186 g/mol. The van der Waals surface area contributed by atoms with Crippen molar-refractivity contribution in [2.45, 2.75) is 25.3 Å². The van der Waals surface area contributed by atoms with Crippen molar-refractivity contribution in [1.82, 2.24) is 5.32 Å². The molecule has 2 unspecified atom stereocenters. The summed E-state index contributed by atoms with van der Waals surface area (Å²) >= 11 is 0. The first-order valence-corrected chi connectivity index (χ1v) is 5.70. The van der Waals surface area contributed by atoms with Crippen LogP contribution in [0.3, 0.4) is 0 Å². The average Bonchev–Trinajstić information content (AvgIpc) is 2.30. The Morgan fingerprint density at radius 3 is 3.20 bits per heavy atom. The van der Waals surface area contributed by atoms with Crippen LogP contribution in [-0.4, -0.2) is 18.4 Å². The summed E-state index contributed by atoms with van der Waals surface area (Å²) in [6.45, 7) is 0.984. The number of piperidine rings is 1. The number of ketones is 1. The van der Waals surface area contributed by atoms with E-state index in [4.69, 9.17) is 0 Å². The Morgan fingerprint density at radius 2 is 2.27 bits per heavy atom. The third kappa shape index (κ3) is 1.40. The minimum absolute atomic E-state index is 0.0288. The molecule has 2 atom stereocenters. The number of hydrogen-bond acceptors (Lipinski definition) is 2. The van der Waals surface area contributed by atoms with Gasteiger partial charge >= 0.3 is 0 Å². The predicted molar refractivity (Wildman–Crippen MR) is 59.4 cm³/mol. The lowest BCUT2D eigenvalue weighted by molar-refractivity contribution is -0.121. The van der Waals surface area contributed by atoms with Crippen LogP contribution in [0.2, 0.25) is 0 Å². The number of hydrogen-bond donors (Lipinski definition) is 1. The Balaban J connectivity index is 2.06. The monoisotopic (exact) mass is 201 g/mol. The second-order valence-corrected chi connectivity index (χ2v) is 4.49. The van der Waals surface area contributed by atoms with Gasteiger partial charge in [-0.15, -0.1) is 0 Å². The Hall–Kier alpha value is -1.15. The van der Waals surface area contributed by atoms with E-state index in [1.807, 2.05) is 0 Å². The van der Waals surface area contributed by atoms with Crippen LogP contribution in [-0.2, 0) is 4.79 Å². The molecule has 2 heteroatoms. The summed E-state index contributed by atoms with van der Waals surface area (Å²) in [5, 5.41) is 3.34. The van der Waals surface area contributed by atoms with Gasteiger partial charge in [-0.2, -0.15) is 0 Å². The molecule has 1 saturated heterocycles. The van der Waals surface area contributed by atoms with Crippen LogP contribution in [0.1, 0.15) is 19.3 Å². The molecule has 1 heterocycles. The van der Waals surface area contributed by atoms with E-state index < -0.39 is 0 Å². The van der Waals surface area contributed by atoms with Gasteiger partial charge in [0, 0.05) is 12.3 Å². The smallest absolute Gasteiger partial charge is 0.154 e. The molecule has 3 rings (SSSR count). The van der Waals surface area contributed by atoms with Crippen molar-refractivity contribution in [3.63, 3.8) is 0 Å². The van der Waals surface area contributed by atoms with Crippen molar-refractivity contribution in [3.05, 3.63) is 35.5 Å². The van der Waals surface area contributed by atoms with E-state index in [0.29, 0.717) is 18.1 Å². The number of Topliss-reactive ketones (excluding diaryl/α,β-unsaturated/α-hetero) is 1. The van der Waals surface area contributed by atoms with E-state index in [9.17, 15) is 4.79 Å². The van der Waals surface area contributed by atoms with Gasteiger partial charge in [-0.1, -0.05) is 24.3 Å². The topological polar surface area (TPSA) is 29.1 Å². The number of rotatable bonds is 0. The third-order valence-electron chi connectivity index (χ3n) is 3.56. The molecule has 0 aromatic rings. The maximum absolute atomic E-state index is 11.9. The molecular formula is C13H15NO. The van der Waals surface area contributed by atoms with E-state index in [1.165, 1.54) is 11.1 Å². The van der Waals surface area contributed by atoms with E-state index >= 15 is 0 Å². The van der Waals surface area contributed by atoms with Crippen LogP contribution in [0.5, 0.6) is 0 Å².